The predicted molar refractivity (Wildman–Crippen MR) is 120 cm³/mol. The summed E-state index contributed by atoms with van der Waals surface area (Å²) in [5, 5.41) is 0. The molecule has 27 heavy (non-hydrogen) atoms. The summed E-state index contributed by atoms with van der Waals surface area (Å²) in [7, 11) is 0. The topological polar surface area (TPSA) is 35.2 Å². The molecule has 1 aliphatic rings. The minimum absolute atomic E-state index is 0.192. The van der Waals surface area contributed by atoms with E-state index in [-0.39, 0.29) is 6.04 Å². The minimum atomic E-state index is 0.192. The lowest BCUT2D eigenvalue weighted by atomic mass is 10.0. The summed E-state index contributed by atoms with van der Waals surface area (Å²) >= 11 is 0. The van der Waals surface area contributed by atoms with E-state index >= 15 is 0 Å². The summed E-state index contributed by atoms with van der Waals surface area (Å²) in [5.74, 6) is 1.02. The number of hydrogen-bond donors (Lipinski definition) is 1. The van der Waals surface area contributed by atoms with Gasteiger partial charge in [0.15, 0.2) is 0 Å². The van der Waals surface area contributed by atoms with Gasteiger partial charge in [-0.05, 0) is 31.4 Å². The van der Waals surface area contributed by atoms with Gasteiger partial charge in [0.05, 0.1) is 6.61 Å². The first kappa shape index (κ1) is 24.3. The third-order valence-corrected chi connectivity index (χ3v) is 5.62. The van der Waals surface area contributed by atoms with Crippen molar-refractivity contribution in [2.75, 3.05) is 6.61 Å². The van der Waals surface area contributed by atoms with Gasteiger partial charge < -0.3 is 10.5 Å². The van der Waals surface area contributed by atoms with Gasteiger partial charge in [-0.25, -0.2) is 0 Å². The van der Waals surface area contributed by atoms with E-state index in [0.29, 0.717) is 0 Å². The molecule has 0 spiro atoms. The van der Waals surface area contributed by atoms with Crippen LogP contribution in [0, 0.1) is 0 Å². The smallest absolute Gasteiger partial charge is 0.115 e. The highest BCUT2D eigenvalue weighted by atomic mass is 16.5. The van der Waals surface area contributed by atoms with Crippen LogP contribution in [0.15, 0.2) is 24.0 Å². The summed E-state index contributed by atoms with van der Waals surface area (Å²) in [5.41, 5.74) is 5.92. The first-order chi connectivity index (χ1) is 13.3. The Balaban J connectivity index is 1.74. The third-order valence-electron chi connectivity index (χ3n) is 5.62. The monoisotopic (exact) mass is 377 g/mol. The molecule has 1 aliphatic carbocycles. The highest BCUT2D eigenvalue weighted by Crippen LogP contribution is 2.15. The van der Waals surface area contributed by atoms with Crippen molar-refractivity contribution in [2.24, 2.45) is 5.73 Å². The van der Waals surface area contributed by atoms with E-state index in [1.807, 2.05) is 6.08 Å². The van der Waals surface area contributed by atoms with Crippen molar-refractivity contribution in [3.63, 3.8) is 0 Å². The fourth-order valence-corrected chi connectivity index (χ4v) is 3.75. The van der Waals surface area contributed by atoms with E-state index in [2.05, 4.69) is 19.1 Å². The Hall–Kier alpha value is -0.760. The number of ether oxygens (including phenoxy) is 1. The van der Waals surface area contributed by atoms with Gasteiger partial charge in [-0.2, -0.15) is 0 Å². The van der Waals surface area contributed by atoms with E-state index in [1.54, 1.807) is 0 Å². The first-order valence-corrected chi connectivity index (χ1v) is 12.1. The van der Waals surface area contributed by atoms with Crippen molar-refractivity contribution in [3.8, 4) is 0 Å². The summed E-state index contributed by atoms with van der Waals surface area (Å²) in [6, 6.07) is 0.192. The lowest BCUT2D eigenvalue weighted by Gasteiger charge is -2.06. The second-order valence-electron chi connectivity index (χ2n) is 8.36. The number of unbranched alkanes of at least 4 members (excludes halogenated alkanes) is 15. The van der Waals surface area contributed by atoms with E-state index in [4.69, 9.17) is 10.5 Å². The van der Waals surface area contributed by atoms with Crippen LogP contribution in [0.4, 0.5) is 0 Å². The Kier molecular flexibility index (Phi) is 16.7. The molecule has 0 bridgehead atoms. The summed E-state index contributed by atoms with van der Waals surface area (Å²) in [6.07, 6.45) is 30.9. The Labute approximate surface area is 170 Å². The predicted octanol–water partition coefficient (Wildman–Crippen LogP) is 7.83. The molecule has 2 heteroatoms. The summed E-state index contributed by atoms with van der Waals surface area (Å²) in [4.78, 5) is 0. The largest absolute Gasteiger partial charge is 0.494 e. The van der Waals surface area contributed by atoms with Gasteiger partial charge in [0, 0.05) is 6.04 Å². The third kappa shape index (κ3) is 15.9. The molecule has 158 valence electrons. The highest BCUT2D eigenvalue weighted by Gasteiger charge is 2.03. The molecule has 0 heterocycles. The number of nitrogens with two attached hydrogens (primary N) is 1. The zero-order valence-corrected chi connectivity index (χ0v) is 18.2. The van der Waals surface area contributed by atoms with Crippen molar-refractivity contribution >= 4 is 0 Å². The SMILES string of the molecule is CCCCCCCCCCCCCCCCCCOC1=CCCC(N)C=C1. The fraction of sp³-hybridized carbons (Fsp3) is 0.840. The van der Waals surface area contributed by atoms with Crippen molar-refractivity contribution in [1.29, 1.82) is 0 Å². The fourth-order valence-electron chi connectivity index (χ4n) is 3.75. The normalized spacial score (nSPS) is 17.0. The molecule has 2 N–H and O–H groups in total. The number of hydrogen-bond acceptors (Lipinski definition) is 2. The maximum absolute atomic E-state index is 5.92. The Bertz CT molecular complexity index is 375. The molecule has 0 radical (unpaired) electrons. The molecule has 0 saturated heterocycles. The molecule has 2 nitrogen and oxygen atoms in total. The molecule has 0 amide bonds. The Morgan fingerprint density at radius 2 is 1.26 bits per heavy atom. The molecule has 0 saturated carbocycles. The molecule has 0 aromatic rings. The maximum atomic E-state index is 5.92. The number of rotatable bonds is 18. The van der Waals surface area contributed by atoms with Crippen LogP contribution < -0.4 is 5.73 Å². The molecule has 0 fully saturated rings. The Morgan fingerprint density at radius 3 is 1.78 bits per heavy atom. The van der Waals surface area contributed by atoms with Crippen molar-refractivity contribution in [3.05, 3.63) is 24.0 Å². The molecule has 1 unspecified atom stereocenters. The van der Waals surface area contributed by atoms with E-state index in [0.717, 1.165) is 25.2 Å². The van der Waals surface area contributed by atoms with E-state index < -0.39 is 0 Å². The van der Waals surface area contributed by atoms with Gasteiger partial charge in [-0.1, -0.05) is 109 Å². The minimum Gasteiger partial charge on any atom is -0.494 e. The average Bonchev–Trinajstić information content (AvgIpc) is 2.88. The molecule has 0 aromatic carbocycles. The van der Waals surface area contributed by atoms with Crippen LogP contribution >= 0.6 is 0 Å². The molecular weight excluding hydrogens is 330 g/mol. The van der Waals surface area contributed by atoms with Crippen LogP contribution in [0.25, 0.3) is 0 Å². The van der Waals surface area contributed by atoms with Crippen LogP contribution in [0.5, 0.6) is 0 Å². The molecule has 1 atom stereocenters. The summed E-state index contributed by atoms with van der Waals surface area (Å²) in [6.45, 7) is 3.14. The lowest BCUT2D eigenvalue weighted by Crippen LogP contribution is -2.15. The zero-order valence-electron chi connectivity index (χ0n) is 18.2. The second-order valence-corrected chi connectivity index (χ2v) is 8.36. The van der Waals surface area contributed by atoms with E-state index in [9.17, 15) is 0 Å². The maximum Gasteiger partial charge on any atom is 0.115 e. The van der Waals surface area contributed by atoms with Gasteiger partial charge in [0.2, 0.25) is 0 Å². The lowest BCUT2D eigenvalue weighted by molar-refractivity contribution is 0.216. The molecule has 1 rings (SSSR count). The van der Waals surface area contributed by atoms with Crippen molar-refractivity contribution in [2.45, 2.75) is 129 Å². The summed E-state index contributed by atoms with van der Waals surface area (Å²) < 4.78 is 5.85. The average molecular weight is 378 g/mol. The molecular formula is C25H47NO. The highest BCUT2D eigenvalue weighted by molar-refractivity contribution is 5.16. The van der Waals surface area contributed by atoms with Gasteiger partial charge in [-0.15, -0.1) is 0 Å². The van der Waals surface area contributed by atoms with Crippen LogP contribution in [0.3, 0.4) is 0 Å². The van der Waals surface area contributed by atoms with Gasteiger partial charge in [0.1, 0.15) is 5.76 Å². The van der Waals surface area contributed by atoms with Crippen LogP contribution in [-0.2, 0) is 4.74 Å². The van der Waals surface area contributed by atoms with Gasteiger partial charge >= 0.3 is 0 Å². The van der Waals surface area contributed by atoms with Crippen LogP contribution in [0.2, 0.25) is 0 Å². The second kappa shape index (κ2) is 18.6. The van der Waals surface area contributed by atoms with Crippen LogP contribution in [-0.4, -0.2) is 12.6 Å². The zero-order chi connectivity index (χ0) is 19.4. The molecule has 0 aromatic heterocycles. The van der Waals surface area contributed by atoms with Gasteiger partial charge in [0.25, 0.3) is 0 Å². The quantitative estimate of drug-likeness (QED) is 0.247. The van der Waals surface area contributed by atoms with Crippen LogP contribution in [0.1, 0.15) is 122 Å². The first-order valence-electron chi connectivity index (χ1n) is 12.1. The standard InChI is InChI=1S/C25H47NO/c1-2-3-4-5-6-7-8-9-10-11-12-13-14-15-16-17-23-27-25-20-18-19-24(26)21-22-25/h20-22,24H,2-19,23,26H2,1H3. The Morgan fingerprint density at radius 1 is 0.778 bits per heavy atom. The molecule has 0 aliphatic heterocycles. The van der Waals surface area contributed by atoms with E-state index in [1.165, 1.54) is 103 Å². The number of allylic oxidation sites excluding steroid dienone is 2. The van der Waals surface area contributed by atoms with Crippen molar-refractivity contribution < 1.29 is 4.74 Å². The van der Waals surface area contributed by atoms with Crippen molar-refractivity contribution in [1.82, 2.24) is 0 Å². The van der Waals surface area contributed by atoms with Gasteiger partial charge in [-0.3, -0.25) is 0 Å².